The Morgan fingerprint density at radius 2 is 1.76 bits per heavy atom. The SMILES string of the molecule is C=c1c(=C(O)c2ccc(C)c(C)c2)cnc2ccc(C(F)(F)F)cc12. The number of aliphatic hydroxyl groups is 1. The third kappa shape index (κ3) is 3.09. The Hall–Kier alpha value is -2.82. The number of aromatic nitrogens is 1. The fraction of sp³-hybridized carbons (Fsp3) is 0.150. The van der Waals surface area contributed by atoms with Crippen LogP contribution in [0.4, 0.5) is 13.2 Å². The summed E-state index contributed by atoms with van der Waals surface area (Å²) in [6, 6.07) is 8.76. The Bertz CT molecular complexity index is 1080. The van der Waals surface area contributed by atoms with E-state index in [1.54, 1.807) is 6.07 Å². The molecule has 25 heavy (non-hydrogen) atoms. The van der Waals surface area contributed by atoms with E-state index in [0.717, 1.165) is 23.3 Å². The summed E-state index contributed by atoms with van der Waals surface area (Å²) in [6.45, 7) is 7.75. The minimum absolute atomic E-state index is 0.0556. The molecule has 0 saturated carbocycles. The highest BCUT2D eigenvalue weighted by Crippen LogP contribution is 2.30. The molecule has 3 rings (SSSR count). The predicted molar refractivity (Wildman–Crippen MR) is 92.6 cm³/mol. The lowest BCUT2D eigenvalue weighted by Crippen LogP contribution is -2.28. The third-order valence-corrected chi connectivity index (χ3v) is 4.34. The Morgan fingerprint density at radius 3 is 2.40 bits per heavy atom. The van der Waals surface area contributed by atoms with Gasteiger partial charge in [-0.3, -0.25) is 4.98 Å². The molecule has 0 bridgehead atoms. The average Bonchev–Trinajstić information content (AvgIpc) is 2.56. The Balaban J connectivity index is 2.31. The largest absolute Gasteiger partial charge is 0.507 e. The zero-order chi connectivity index (χ0) is 18.4. The van der Waals surface area contributed by atoms with Crippen molar-refractivity contribution in [3.63, 3.8) is 0 Å². The Morgan fingerprint density at radius 1 is 1.04 bits per heavy atom. The maximum absolute atomic E-state index is 13.0. The molecule has 0 radical (unpaired) electrons. The highest BCUT2D eigenvalue weighted by molar-refractivity contribution is 5.81. The Kier molecular flexibility index (Phi) is 4.03. The summed E-state index contributed by atoms with van der Waals surface area (Å²) in [5, 5.41) is 11.5. The topological polar surface area (TPSA) is 33.1 Å². The highest BCUT2D eigenvalue weighted by atomic mass is 19.4. The summed E-state index contributed by atoms with van der Waals surface area (Å²) < 4.78 is 38.9. The summed E-state index contributed by atoms with van der Waals surface area (Å²) in [4.78, 5) is 4.16. The van der Waals surface area contributed by atoms with Gasteiger partial charge in [0, 0.05) is 22.4 Å². The van der Waals surface area contributed by atoms with Crippen LogP contribution < -0.4 is 10.4 Å². The molecule has 5 heteroatoms. The van der Waals surface area contributed by atoms with Crippen molar-refractivity contribution in [2.45, 2.75) is 20.0 Å². The van der Waals surface area contributed by atoms with Gasteiger partial charge in [0.2, 0.25) is 0 Å². The predicted octanol–water partition coefficient (Wildman–Crippen LogP) is 4.00. The fourth-order valence-corrected chi connectivity index (χ4v) is 2.67. The van der Waals surface area contributed by atoms with Crippen LogP contribution in [-0.2, 0) is 6.18 Å². The molecule has 0 spiro atoms. The lowest BCUT2D eigenvalue weighted by atomic mass is 10.0. The molecule has 0 aliphatic heterocycles. The zero-order valence-corrected chi connectivity index (χ0v) is 13.8. The molecule has 0 amide bonds. The average molecular weight is 343 g/mol. The van der Waals surface area contributed by atoms with Gasteiger partial charge in [-0.2, -0.15) is 13.2 Å². The summed E-state index contributed by atoms with van der Waals surface area (Å²) in [7, 11) is 0. The van der Waals surface area contributed by atoms with E-state index in [9.17, 15) is 18.3 Å². The van der Waals surface area contributed by atoms with Crippen LogP contribution in [0.15, 0.2) is 42.6 Å². The number of aliphatic hydroxyl groups excluding tert-OH is 1. The van der Waals surface area contributed by atoms with Gasteiger partial charge in [0.25, 0.3) is 0 Å². The molecule has 1 heterocycles. The van der Waals surface area contributed by atoms with E-state index in [2.05, 4.69) is 11.6 Å². The van der Waals surface area contributed by atoms with E-state index in [4.69, 9.17) is 0 Å². The van der Waals surface area contributed by atoms with E-state index in [-0.39, 0.29) is 11.1 Å². The minimum atomic E-state index is -4.45. The van der Waals surface area contributed by atoms with E-state index in [0.29, 0.717) is 21.5 Å². The van der Waals surface area contributed by atoms with Crippen molar-refractivity contribution in [2.75, 3.05) is 0 Å². The van der Waals surface area contributed by atoms with Crippen molar-refractivity contribution in [3.8, 4) is 0 Å². The van der Waals surface area contributed by atoms with Crippen molar-refractivity contribution in [2.24, 2.45) is 0 Å². The quantitative estimate of drug-likeness (QED) is 0.725. The standard InChI is InChI=1S/C20H16F3NO/c1-11-4-5-14(8-12(11)2)19(25)17-10-24-18-7-6-15(20(21,22)23)9-16(18)13(17)3/h4-10,25H,3H2,1-2H3. The van der Waals surface area contributed by atoms with Crippen LogP contribution in [0.3, 0.4) is 0 Å². The van der Waals surface area contributed by atoms with Crippen LogP contribution in [0.25, 0.3) is 23.2 Å². The second-order valence-corrected chi connectivity index (χ2v) is 6.03. The maximum atomic E-state index is 13.0. The lowest BCUT2D eigenvalue weighted by Gasteiger charge is -2.09. The number of alkyl halides is 3. The molecule has 2 nitrogen and oxygen atoms in total. The first-order valence-electron chi connectivity index (χ1n) is 7.64. The first-order valence-corrected chi connectivity index (χ1v) is 7.64. The first-order chi connectivity index (χ1) is 11.7. The van der Waals surface area contributed by atoms with Crippen molar-refractivity contribution in [1.29, 1.82) is 0 Å². The minimum Gasteiger partial charge on any atom is -0.507 e. The third-order valence-electron chi connectivity index (χ3n) is 4.34. The zero-order valence-electron chi connectivity index (χ0n) is 13.8. The molecule has 0 aliphatic carbocycles. The van der Waals surface area contributed by atoms with Crippen LogP contribution in [0, 0.1) is 13.8 Å². The van der Waals surface area contributed by atoms with Crippen LogP contribution >= 0.6 is 0 Å². The number of hydrogen-bond donors (Lipinski definition) is 1. The highest BCUT2D eigenvalue weighted by Gasteiger charge is 2.30. The van der Waals surface area contributed by atoms with Crippen molar-refractivity contribution >= 4 is 23.2 Å². The van der Waals surface area contributed by atoms with Gasteiger partial charge in [-0.25, -0.2) is 0 Å². The number of pyridine rings is 1. The number of fused-ring (bicyclic) bond motifs is 1. The summed E-state index contributed by atoms with van der Waals surface area (Å²) in [5.74, 6) is -0.0556. The monoisotopic (exact) mass is 343 g/mol. The molecular weight excluding hydrogens is 327 g/mol. The molecule has 0 aliphatic rings. The molecule has 0 saturated heterocycles. The number of nitrogens with zero attached hydrogens (tertiary/aromatic N) is 1. The van der Waals surface area contributed by atoms with Crippen LogP contribution in [0.2, 0.25) is 0 Å². The van der Waals surface area contributed by atoms with Gasteiger partial charge >= 0.3 is 6.18 Å². The van der Waals surface area contributed by atoms with E-state index in [1.165, 1.54) is 12.3 Å². The van der Waals surface area contributed by atoms with Gasteiger partial charge in [-0.15, -0.1) is 0 Å². The Labute approximate surface area is 142 Å². The number of rotatable bonds is 1. The van der Waals surface area contributed by atoms with Gasteiger partial charge < -0.3 is 5.11 Å². The van der Waals surface area contributed by atoms with Crippen molar-refractivity contribution < 1.29 is 18.3 Å². The molecule has 0 fully saturated rings. The van der Waals surface area contributed by atoms with E-state index in [1.807, 2.05) is 26.0 Å². The van der Waals surface area contributed by atoms with Crippen LogP contribution in [-0.4, -0.2) is 10.1 Å². The molecular formula is C20H16F3NO. The number of benzene rings is 2. The van der Waals surface area contributed by atoms with Crippen LogP contribution in [0.1, 0.15) is 22.3 Å². The van der Waals surface area contributed by atoms with Gasteiger partial charge in [-0.1, -0.05) is 18.7 Å². The van der Waals surface area contributed by atoms with E-state index >= 15 is 0 Å². The molecule has 3 aromatic rings. The van der Waals surface area contributed by atoms with Crippen molar-refractivity contribution in [3.05, 3.63) is 75.3 Å². The molecule has 1 N–H and O–H groups in total. The summed E-state index contributed by atoms with van der Waals surface area (Å²) in [5.41, 5.74) is 2.28. The van der Waals surface area contributed by atoms with Gasteiger partial charge in [0.1, 0.15) is 5.76 Å². The fourth-order valence-electron chi connectivity index (χ4n) is 2.67. The smallest absolute Gasteiger partial charge is 0.416 e. The second kappa shape index (κ2) is 5.92. The molecule has 0 atom stereocenters. The maximum Gasteiger partial charge on any atom is 0.416 e. The second-order valence-electron chi connectivity index (χ2n) is 6.03. The number of halogens is 3. The lowest BCUT2D eigenvalue weighted by molar-refractivity contribution is -0.137. The van der Waals surface area contributed by atoms with E-state index < -0.39 is 11.7 Å². The first kappa shape index (κ1) is 17.0. The number of hydrogen-bond acceptors (Lipinski definition) is 2. The summed E-state index contributed by atoms with van der Waals surface area (Å²) >= 11 is 0. The van der Waals surface area contributed by atoms with Crippen LogP contribution in [0.5, 0.6) is 0 Å². The molecule has 2 aromatic carbocycles. The van der Waals surface area contributed by atoms with Gasteiger partial charge in [0.15, 0.2) is 0 Å². The van der Waals surface area contributed by atoms with Crippen molar-refractivity contribution in [1.82, 2.24) is 4.98 Å². The summed E-state index contributed by atoms with van der Waals surface area (Å²) in [6.07, 6.45) is -3.01. The molecule has 128 valence electrons. The number of aryl methyl sites for hydroxylation is 2. The molecule has 1 aromatic heterocycles. The normalized spacial score (nSPS) is 13.2. The van der Waals surface area contributed by atoms with Gasteiger partial charge in [-0.05, 0) is 54.5 Å². The molecule has 0 unspecified atom stereocenters. The van der Waals surface area contributed by atoms with Gasteiger partial charge in [0.05, 0.1) is 11.1 Å².